The van der Waals surface area contributed by atoms with Crippen molar-refractivity contribution in [2.45, 2.75) is 102 Å². The van der Waals surface area contributed by atoms with Crippen LogP contribution in [0.15, 0.2) is 48.5 Å². The van der Waals surface area contributed by atoms with E-state index >= 15 is 0 Å². The summed E-state index contributed by atoms with van der Waals surface area (Å²) in [7, 11) is 0. The average molecular weight is 636 g/mol. The van der Waals surface area contributed by atoms with Gasteiger partial charge in [0.1, 0.15) is 12.4 Å². The van der Waals surface area contributed by atoms with E-state index in [1.54, 1.807) is 0 Å². The molecule has 9 heteroatoms. The summed E-state index contributed by atoms with van der Waals surface area (Å²) in [6.45, 7) is 7.20. The minimum absolute atomic E-state index is 0.00964. The average Bonchev–Trinajstić information content (AvgIpc) is 3.33. The van der Waals surface area contributed by atoms with Crippen LogP contribution < -0.4 is 15.4 Å². The second-order valence-corrected chi connectivity index (χ2v) is 14.7. The lowest BCUT2D eigenvalue weighted by atomic mass is 9.72. The number of nitrogens with one attached hydrogen (secondary N) is 2. The van der Waals surface area contributed by atoms with Crippen LogP contribution >= 0.6 is 0 Å². The van der Waals surface area contributed by atoms with Crippen LogP contribution in [0.25, 0.3) is 0 Å². The molecular formula is C37H53N3O6. The Balaban J connectivity index is 1.32. The molecule has 2 fully saturated rings. The molecule has 1 aliphatic heterocycles. The molecule has 9 nitrogen and oxygen atoms in total. The zero-order chi connectivity index (χ0) is 32.8. The Hall–Kier alpha value is -2.98. The van der Waals surface area contributed by atoms with Crippen LogP contribution in [0.5, 0.6) is 5.75 Å². The fraction of sp³-hybridized carbons (Fsp3) is 0.622. The van der Waals surface area contributed by atoms with Gasteiger partial charge in [0.15, 0.2) is 0 Å². The molecule has 0 unspecified atom stereocenters. The van der Waals surface area contributed by atoms with E-state index in [1.807, 2.05) is 69.3 Å². The highest BCUT2D eigenvalue weighted by atomic mass is 16.5. The predicted molar refractivity (Wildman–Crippen MR) is 177 cm³/mol. The van der Waals surface area contributed by atoms with Gasteiger partial charge in [-0.2, -0.15) is 0 Å². The van der Waals surface area contributed by atoms with Crippen LogP contribution in [0.3, 0.4) is 0 Å². The summed E-state index contributed by atoms with van der Waals surface area (Å²) >= 11 is 0. The molecule has 252 valence electrons. The van der Waals surface area contributed by atoms with Gasteiger partial charge in [-0.25, -0.2) is 0 Å². The summed E-state index contributed by atoms with van der Waals surface area (Å²) in [4.78, 5) is 29.6. The van der Waals surface area contributed by atoms with E-state index in [-0.39, 0.29) is 43.0 Å². The number of hydrogen-bond acceptors (Lipinski definition) is 7. The second kappa shape index (κ2) is 15.3. The number of piperidine rings is 1. The minimum Gasteiger partial charge on any atom is -0.491 e. The molecule has 1 heterocycles. The third-order valence-corrected chi connectivity index (χ3v) is 9.94. The fourth-order valence-electron chi connectivity index (χ4n) is 7.77. The first-order valence-electron chi connectivity index (χ1n) is 17.1. The summed E-state index contributed by atoms with van der Waals surface area (Å²) in [5.41, 5.74) is 2.52. The van der Waals surface area contributed by atoms with E-state index < -0.39 is 24.2 Å². The van der Waals surface area contributed by atoms with Gasteiger partial charge < -0.3 is 30.7 Å². The molecule has 0 spiro atoms. The number of hydrogen-bond donors (Lipinski definition) is 5. The second-order valence-electron chi connectivity index (χ2n) is 14.7. The minimum atomic E-state index is -0.825. The van der Waals surface area contributed by atoms with Gasteiger partial charge in [-0.05, 0) is 87.1 Å². The van der Waals surface area contributed by atoms with Crippen molar-refractivity contribution < 1.29 is 29.6 Å². The zero-order valence-corrected chi connectivity index (χ0v) is 27.7. The van der Waals surface area contributed by atoms with E-state index in [0.29, 0.717) is 37.0 Å². The SMILES string of the molecule is CC(C)(C)NC(=O)[C@@H]1C[C@@H]2CCCC[C@@H]2CN1C[C@@H](O)C[C@@H](Cc1ccc(OCCO)cc1)C(=O)N[C@H]1c2ccccc2C[C@H]1O. The highest BCUT2D eigenvalue weighted by Crippen LogP contribution is 2.39. The van der Waals surface area contributed by atoms with E-state index in [0.717, 1.165) is 42.5 Å². The summed E-state index contributed by atoms with van der Waals surface area (Å²) in [5, 5.41) is 37.8. The van der Waals surface area contributed by atoms with Crippen molar-refractivity contribution >= 4 is 11.8 Å². The number of carbonyl (C=O) groups excluding carboxylic acids is 2. The van der Waals surface area contributed by atoms with Crippen molar-refractivity contribution in [3.63, 3.8) is 0 Å². The first kappa shape index (κ1) is 34.4. The van der Waals surface area contributed by atoms with E-state index in [9.17, 15) is 19.8 Å². The van der Waals surface area contributed by atoms with Crippen LogP contribution in [0.4, 0.5) is 0 Å². The molecule has 2 amide bonds. The van der Waals surface area contributed by atoms with Crippen LogP contribution in [-0.4, -0.2) is 82.1 Å². The van der Waals surface area contributed by atoms with Crippen molar-refractivity contribution in [1.29, 1.82) is 0 Å². The number of carbonyl (C=O) groups is 2. The summed E-state index contributed by atoms with van der Waals surface area (Å²) in [6, 6.07) is 14.4. The molecule has 2 aromatic carbocycles. The Labute approximate surface area is 273 Å². The molecule has 5 N–H and O–H groups in total. The van der Waals surface area contributed by atoms with Gasteiger partial charge in [0.25, 0.3) is 0 Å². The molecule has 2 aliphatic carbocycles. The van der Waals surface area contributed by atoms with Crippen molar-refractivity contribution in [2.24, 2.45) is 17.8 Å². The molecule has 1 saturated carbocycles. The largest absolute Gasteiger partial charge is 0.491 e. The maximum absolute atomic E-state index is 13.9. The number of ether oxygens (including phenoxy) is 1. The molecule has 0 aromatic heterocycles. The van der Waals surface area contributed by atoms with Gasteiger partial charge >= 0.3 is 0 Å². The van der Waals surface area contributed by atoms with Gasteiger partial charge in [0, 0.05) is 31.0 Å². The first-order valence-corrected chi connectivity index (χ1v) is 17.1. The summed E-state index contributed by atoms with van der Waals surface area (Å²) < 4.78 is 5.51. The van der Waals surface area contributed by atoms with E-state index in [1.165, 1.54) is 12.8 Å². The van der Waals surface area contributed by atoms with E-state index in [2.05, 4.69) is 15.5 Å². The molecular weight excluding hydrogens is 582 g/mol. The number of β-amino-alcohol motifs (C(OH)–C–C–N with tert-alkyl or cyclic N) is 1. The van der Waals surface area contributed by atoms with E-state index in [4.69, 9.17) is 9.84 Å². The van der Waals surface area contributed by atoms with Crippen molar-refractivity contribution in [3.8, 4) is 5.75 Å². The molecule has 46 heavy (non-hydrogen) atoms. The molecule has 3 aliphatic rings. The predicted octanol–water partition coefficient (Wildman–Crippen LogP) is 3.54. The van der Waals surface area contributed by atoms with Gasteiger partial charge in [-0.1, -0.05) is 55.7 Å². The van der Waals surface area contributed by atoms with Gasteiger partial charge in [0.2, 0.25) is 11.8 Å². The summed E-state index contributed by atoms with van der Waals surface area (Å²) in [6.07, 6.45) is 5.08. The lowest BCUT2D eigenvalue weighted by Gasteiger charge is -2.46. The maximum atomic E-state index is 13.9. The Bertz CT molecular complexity index is 1310. The normalized spacial score (nSPS) is 26.0. The molecule has 2 aromatic rings. The summed E-state index contributed by atoms with van der Waals surface area (Å²) in [5.74, 6) is 0.919. The number of fused-ring (bicyclic) bond motifs is 2. The number of amides is 2. The smallest absolute Gasteiger partial charge is 0.237 e. The number of nitrogens with zero attached hydrogens (tertiary/aromatic N) is 1. The Kier molecular flexibility index (Phi) is 11.4. The topological polar surface area (TPSA) is 131 Å². The van der Waals surface area contributed by atoms with Crippen molar-refractivity contribution in [1.82, 2.24) is 15.5 Å². The Morgan fingerprint density at radius 3 is 2.48 bits per heavy atom. The molecule has 0 bridgehead atoms. The lowest BCUT2D eigenvalue weighted by molar-refractivity contribution is -0.133. The first-order chi connectivity index (χ1) is 22.0. The Morgan fingerprint density at radius 1 is 1.04 bits per heavy atom. The number of aliphatic hydroxyl groups is 3. The number of rotatable bonds is 12. The monoisotopic (exact) mass is 635 g/mol. The number of likely N-dealkylation sites (tertiary alicyclic amines) is 1. The number of benzene rings is 2. The third-order valence-electron chi connectivity index (χ3n) is 9.94. The maximum Gasteiger partial charge on any atom is 0.237 e. The van der Waals surface area contributed by atoms with Crippen LogP contribution in [0.2, 0.25) is 0 Å². The van der Waals surface area contributed by atoms with Gasteiger partial charge in [0.05, 0.1) is 30.9 Å². The van der Waals surface area contributed by atoms with Gasteiger partial charge in [-0.3, -0.25) is 14.5 Å². The zero-order valence-electron chi connectivity index (χ0n) is 27.7. The quantitative estimate of drug-likeness (QED) is 0.241. The van der Waals surface area contributed by atoms with Crippen molar-refractivity contribution in [2.75, 3.05) is 26.3 Å². The number of aliphatic hydroxyl groups excluding tert-OH is 3. The highest BCUT2D eigenvalue weighted by molar-refractivity contribution is 5.82. The van der Waals surface area contributed by atoms with Crippen LogP contribution in [0, 0.1) is 17.8 Å². The molecule has 0 radical (unpaired) electrons. The lowest BCUT2D eigenvalue weighted by Crippen LogP contribution is -2.58. The molecule has 5 rings (SSSR count). The highest BCUT2D eigenvalue weighted by Gasteiger charge is 2.41. The standard InChI is InChI=1S/C37H53N3O6/c1-37(2,3)39-36(45)32-20-25-8-4-5-10-27(25)22-40(32)23-29(42)19-28(18-24-12-14-30(15-13-24)46-17-16-41)35(44)38-34-31-11-7-6-9-26(31)21-33(34)43/h6-7,9,11-15,25,27-29,32-34,41-43H,4-5,8,10,16-23H2,1-3H3,(H,38,44)(H,39,45)/t25-,27+,28+,29-,32-,33+,34-/m0/s1. The van der Waals surface area contributed by atoms with Gasteiger partial charge in [-0.15, -0.1) is 0 Å². The molecule has 1 saturated heterocycles. The Morgan fingerprint density at radius 2 is 1.76 bits per heavy atom. The van der Waals surface area contributed by atoms with Crippen LogP contribution in [0.1, 0.15) is 82.0 Å². The molecule has 7 atom stereocenters. The fourth-order valence-corrected chi connectivity index (χ4v) is 7.77. The van der Waals surface area contributed by atoms with Crippen LogP contribution in [-0.2, 0) is 22.4 Å². The van der Waals surface area contributed by atoms with Crippen molar-refractivity contribution in [3.05, 3.63) is 65.2 Å². The third kappa shape index (κ3) is 8.88.